The van der Waals surface area contributed by atoms with Gasteiger partial charge in [-0.25, -0.2) is 4.79 Å². The van der Waals surface area contributed by atoms with Gasteiger partial charge in [0.25, 0.3) is 11.6 Å². The lowest BCUT2D eigenvalue weighted by Crippen LogP contribution is -2.41. The van der Waals surface area contributed by atoms with Crippen LogP contribution >= 0.6 is 0 Å². The number of rotatable bonds is 8. The molecule has 1 N–H and O–H groups in total. The Balaban J connectivity index is 2.81. The number of nitrogens with zero attached hydrogens (tertiary/aromatic N) is 1. The number of nitrogens with one attached hydrogen (secondary N) is 1. The summed E-state index contributed by atoms with van der Waals surface area (Å²) in [6.07, 6.45) is 3.49. The smallest absolute Gasteiger partial charge is 0.328 e. The van der Waals surface area contributed by atoms with E-state index in [4.69, 9.17) is 0 Å². The lowest BCUT2D eigenvalue weighted by molar-refractivity contribution is -0.384. The number of carbonyl (C=O) groups excluding carboxylic acids is 2. The molecule has 118 valence electrons. The Hall–Kier alpha value is -2.70. The van der Waals surface area contributed by atoms with E-state index in [0.717, 1.165) is 6.07 Å². The fourth-order valence-electron chi connectivity index (χ4n) is 1.86. The van der Waals surface area contributed by atoms with E-state index in [0.29, 0.717) is 19.3 Å². The van der Waals surface area contributed by atoms with Crippen LogP contribution in [0.25, 0.3) is 0 Å². The summed E-state index contributed by atoms with van der Waals surface area (Å²) < 4.78 is 4.65. The van der Waals surface area contributed by atoms with Gasteiger partial charge in [0.1, 0.15) is 6.04 Å². The van der Waals surface area contributed by atoms with E-state index in [1.165, 1.54) is 25.3 Å². The van der Waals surface area contributed by atoms with E-state index in [9.17, 15) is 19.7 Å². The van der Waals surface area contributed by atoms with Crippen molar-refractivity contribution in [2.45, 2.75) is 25.3 Å². The third kappa shape index (κ3) is 5.01. The van der Waals surface area contributed by atoms with Gasteiger partial charge in [0.2, 0.25) is 0 Å². The Morgan fingerprint density at radius 2 is 2.23 bits per heavy atom. The van der Waals surface area contributed by atoms with Gasteiger partial charge in [-0.15, -0.1) is 6.58 Å². The van der Waals surface area contributed by atoms with Crippen molar-refractivity contribution >= 4 is 17.6 Å². The number of hydrogen-bond acceptors (Lipinski definition) is 5. The zero-order valence-electron chi connectivity index (χ0n) is 12.3. The number of esters is 1. The van der Waals surface area contributed by atoms with Crippen LogP contribution in [0.1, 0.15) is 29.6 Å². The number of nitro groups is 1. The van der Waals surface area contributed by atoms with E-state index >= 15 is 0 Å². The summed E-state index contributed by atoms with van der Waals surface area (Å²) in [6, 6.07) is 4.52. The molecule has 0 spiro atoms. The van der Waals surface area contributed by atoms with E-state index in [1.54, 1.807) is 6.08 Å². The van der Waals surface area contributed by atoms with Crippen molar-refractivity contribution < 1.29 is 19.2 Å². The molecule has 0 aliphatic carbocycles. The largest absolute Gasteiger partial charge is 0.467 e. The molecule has 0 aliphatic rings. The van der Waals surface area contributed by atoms with Crippen molar-refractivity contribution in [2.75, 3.05) is 7.11 Å². The molecule has 0 saturated carbocycles. The molecule has 1 atom stereocenters. The molecular weight excluding hydrogens is 288 g/mol. The van der Waals surface area contributed by atoms with Gasteiger partial charge < -0.3 is 10.1 Å². The summed E-state index contributed by atoms with van der Waals surface area (Å²) >= 11 is 0. The molecule has 0 heterocycles. The first-order valence-corrected chi connectivity index (χ1v) is 6.73. The monoisotopic (exact) mass is 306 g/mol. The van der Waals surface area contributed by atoms with Crippen molar-refractivity contribution in [3.8, 4) is 0 Å². The molecule has 0 bridgehead atoms. The Bertz CT molecular complexity index is 571. The maximum absolute atomic E-state index is 12.1. The highest BCUT2D eigenvalue weighted by Crippen LogP contribution is 2.13. The van der Waals surface area contributed by atoms with Crippen molar-refractivity contribution in [3.63, 3.8) is 0 Å². The number of allylic oxidation sites excluding steroid dienone is 1. The molecule has 7 nitrogen and oxygen atoms in total. The number of non-ortho nitro benzene ring substituents is 1. The molecule has 0 unspecified atom stereocenters. The number of methoxy groups -OCH3 is 1. The number of carbonyl (C=O) groups is 2. The molecule has 0 saturated heterocycles. The predicted molar refractivity (Wildman–Crippen MR) is 80.4 cm³/mol. The summed E-state index contributed by atoms with van der Waals surface area (Å²) in [6.45, 7) is 3.59. The second-order valence-electron chi connectivity index (χ2n) is 4.58. The van der Waals surface area contributed by atoms with Gasteiger partial charge in [0.05, 0.1) is 12.0 Å². The van der Waals surface area contributed by atoms with Gasteiger partial charge >= 0.3 is 5.97 Å². The molecule has 22 heavy (non-hydrogen) atoms. The highest BCUT2D eigenvalue weighted by molar-refractivity contribution is 5.97. The summed E-state index contributed by atoms with van der Waals surface area (Å²) in [5.74, 6) is -1.11. The summed E-state index contributed by atoms with van der Waals surface area (Å²) in [5.41, 5.74) is -0.0688. The van der Waals surface area contributed by atoms with Crippen LogP contribution in [-0.2, 0) is 9.53 Å². The highest BCUT2D eigenvalue weighted by Gasteiger charge is 2.22. The fourth-order valence-corrected chi connectivity index (χ4v) is 1.86. The third-order valence-corrected chi connectivity index (χ3v) is 3.01. The quantitative estimate of drug-likeness (QED) is 0.261. The standard InChI is InChI=1S/C15H18N2O5/c1-3-4-5-9-13(15(19)22-2)16-14(18)11-7-6-8-12(10-11)17(20)21/h3,6-8,10,13H,1,4-5,9H2,2H3,(H,16,18)/t13-/m1/s1. The lowest BCUT2D eigenvalue weighted by Gasteiger charge is -2.16. The molecule has 1 amide bonds. The minimum Gasteiger partial charge on any atom is -0.467 e. The number of nitro benzene ring substituents is 1. The molecule has 1 aromatic rings. The zero-order chi connectivity index (χ0) is 16.5. The maximum atomic E-state index is 12.1. The van der Waals surface area contributed by atoms with Crippen LogP contribution in [0.5, 0.6) is 0 Å². The summed E-state index contributed by atoms with van der Waals surface area (Å²) in [4.78, 5) is 33.9. The maximum Gasteiger partial charge on any atom is 0.328 e. The number of unbranched alkanes of at least 4 members (excludes halogenated alkanes) is 1. The van der Waals surface area contributed by atoms with Crippen LogP contribution in [0, 0.1) is 10.1 Å². The summed E-state index contributed by atoms with van der Waals surface area (Å²) in [7, 11) is 1.24. The van der Waals surface area contributed by atoms with E-state index < -0.39 is 22.8 Å². The van der Waals surface area contributed by atoms with Crippen molar-refractivity contribution in [3.05, 3.63) is 52.6 Å². The lowest BCUT2D eigenvalue weighted by atomic mass is 10.1. The topological polar surface area (TPSA) is 98.5 Å². The first-order chi connectivity index (χ1) is 10.5. The molecular formula is C15H18N2O5. The third-order valence-electron chi connectivity index (χ3n) is 3.01. The SMILES string of the molecule is C=CCCC[C@@H](NC(=O)c1cccc([N+](=O)[O-])c1)C(=O)OC. The minimum atomic E-state index is -0.795. The zero-order valence-corrected chi connectivity index (χ0v) is 12.3. The number of ether oxygens (including phenoxy) is 1. The Morgan fingerprint density at radius 3 is 2.82 bits per heavy atom. The highest BCUT2D eigenvalue weighted by atomic mass is 16.6. The molecule has 0 aliphatic heterocycles. The Labute approximate surface area is 128 Å². The number of benzene rings is 1. The Kier molecular flexibility index (Phi) is 6.75. The Morgan fingerprint density at radius 1 is 1.50 bits per heavy atom. The van der Waals surface area contributed by atoms with Crippen molar-refractivity contribution in [1.29, 1.82) is 0 Å². The average Bonchev–Trinajstić information content (AvgIpc) is 2.53. The fraction of sp³-hybridized carbons (Fsp3) is 0.333. The van der Waals surface area contributed by atoms with Crippen LogP contribution < -0.4 is 5.32 Å². The number of hydrogen-bond donors (Lipinski definition) is 1. The van der Waals surface area contributed by atoms with Crippen LogP contribution in [0.4, 0.5) is 5.69 Å². The van der Waals surface area contributed by atoms with Crippen molar-refractivity contribution in [2.24, 2.45) is 0 Å². The predicted octanol–water partition coefficient (Wildman–Crippen LogP) is 2.22. The van der Waals surface area contributed by atoms with Crippen molar-refractivity contribution in [1.82, 2.24) is 5.32 Å². The van der Waals surface area contributed by atoms with Crippen LogP contribution in [0.3, 0.4) is 0 Å². The summed E-state index contributed by atoms with van der Waals surface area (Å²) in [5, 5.41) is 13.3. The van der Waals surface area contributed by atoms with Gasteiger partial charge in [-0.2, -0.15) is 0 Å². The van der Waals surface area contributed by atoms with Gasteiger partial charge in [0.15, 0.2) is 0 Å². The van der Waals surface area contributed by atoms with E-state index in [-0.39, 0.29) is 11.3 Å². The molecule has 0 fully saturated rings. The van der Waals surface area contributed by atoms with E-state index in [2.05, 4.69) is 16.6 Å². The minimum absolute atomic E-state index is 0.117. The van der Waals surface area contributed by atoms with Crippen LogP contribution in [0.2, 0.25) is 0 Å². The van der Waals surface area contributed by atoms with Gasteiger partial charge in [0, 0.05) is 17.7 Å². The van der Waals surface area contributed by atoms with E-state index in [1.807, 2.05) is 0 Å². The molecule has 7 heteroatoms. The molecule has 1 aromatic carbocycles. The van der Waals surface area contributed by atoms with Crippen LogP contribution in [0.15, 0.2) is 36.9 Å². The van der Waals surface area contributed by atoms with Gasteiger partial charge in [-0.05, 0) is 25.3 Å². The average molecular weight is 306 g/mol. The molecule has 0 radical (unpaired) electrons. The van der Waals surface area contributed by atoms with Crippen LogP contribution in [-0.4, -0.2) is 30.0 Å². The normalized spacial score (nSPS) is 11.3. The van der Waals surface area contributed by atoms with Gasteiger partial charge in [-0.1, -0.05) is 12.1 Å². The second kappa shape index (κ2) is 8.56. The first-order valence-electron chi connectivity index (χ1n) is 6.73. The van der Waals surface area contributed by atoms with Gasteiger partial charge in [-0.3, -0.25) is 14.9 Å². The molecule has 1 rings (SSSR count). The second-order valence-corrected chi connectivity index (χ2v) is 4.58. The number of amides is 1. The molecule has 0 aromatic heterocycles. The first kappa shape index (κ1) is 17.4.